The molecule has 0 aliphatic carbocycles. The fourth-order valence-electron chi connectivity index (χ4n) is 11.6. The number of likely N-dealkylation sites (N-methyl/N-ethyl adjacent to an activating group) is 7. The maximum absolute atomic E-state index is 15.0. The van der Waals surface area contributed by atoms with Crippen LogP contribution in [0.5, 0.6) is 0 Å². The molecular formula is C70H109N13O15. The lowest BCUT2D eigenvalue weighted by Gasteiger charge is -2.38. The lowest BCUT2D eigenvalue weighted by atomic mass is 9.98. The van der Waals surface area contributed by atoms with E-state index in [9.17, 15) is 62.6 Å². The normalized spacial score (nSPS) is 27.1. The van der Waals surface area contributed by atoms with Gasteiger partial charge in [-0.3, -0.25) is 62.3 Å². The van der Waals surface area contributed by atoms with Crippen molar-refractivity contribution in [1.29, 1.82) is 0 Å². The number of hydrogen-bond donors (Lipinski definition) is 6. The van der Waals surface area contributed by atoms with Gasteiger partial charge in [-0.05, 0) is 111 Å². The summed E-state index contributed by atoms with van der Waals surface area (Å²) in [7, 11) is 9.25. The van der Waals surface area contributed by atoms with Crippen molar-refractivity contribution in [2.75, 3.05) is 69.0 Å². The van der Waals surface area contributed by atoms with Gasteiger partial charge in [-0.25, -0.2) is 0 Å². The number of likely N-dealkylation sites (tertiary alicyclic amines) is 1. The van der Waals surface area contributed by atoms with E-state index in [1.807, 2.05) is 13.8 Å². The van der Waals surface area contributed by atoms with Crippen molar-refractivity contribution >= 4 is 76.8 Å². The molecule has 2 heterocycles. The van der Waals surface area contributed by atoms with Crippen molar-refractivity contribution < 1.29 is 72.2 Å². The molecule has 28 heteroatoms. The average molecular weight is 1370 g/mol. The van der Waals surface area contributed by atoms with Crippen LogP contribution in [0, 0.1) is 11.8 Å². The SMILES string of the molecule is CC(C)C[C@H]1C(=O)N(C)[C@@H](C)C(=O)N[C@@H]([C@@H](C)O)C(=O)N(C)[C@@H](C)C(=O)N(C)[C@@H](C(C)C)C(=O)N[C@@H](COC(C)(C)C)C(=O)N[C@H](C(=O)N2CCCCC2)C(=O)N(C)[C@H](C)C(=O)N(C)C(Cc2ccccc2)C(=O)N[C@@H](C)C(=O)N(C)C(C)C(=O)N[C@H](Cc2ccccc2)C(=O)N1C. The molecule has 13 amide bonds. The van der Waals surface area contributed by atoms with Crippen LogP contribution in [0.25, 0.3) is 0 Å². The van der Waals surface area contributed by atoms with E-state index < -0.39 is 174 Å². The highest BCUT2D eigenvalue weighted by Crippen LogP contribution is 2.22. The number of carbonyl (C=O) groups excluding carboxylic acids is 13. The highest BCUT2D eigenvalue weighted by Gasteiger charge is 2.45. The monoisotopic (exact) mass is 1370 g/mol. The van der Waals surface area contributed by atoms with Gasteiger partial charge in [-0.15, -0.1) is 0 Å². The molecule has 0 spiro atoms. The summed E-state index contributed by atoms with van der Waals surface area (Å²) < 4.78 is 6.05. The van der Waals surface area contributed by atoms with Crippen LogP contribution in [0.2, 0.25) is 0 Å². The first-order valence-corrected chi connectivity index (χ1v) is 33.7. The summed E-state index contributed by atoms with van der Waals surface area (Å²) in [5.41, 5.74) is 0.325. The number of nitrogens with one attached hydrogen (secondary N) is 5. The smallest absolute Gasteiger partial charge is 0.255 e. The molecule has 98 heavy (non-hydrogen) atoms. The second-order valence-corrected chi connectivity index (χ2v) is 27.9. The van der Waals surface area contributed by atoms with Crippen LogP contribution in [-0.4, -0.2) is 274 Å². The van der Waals surface area contributed by atoms with E-state index in [1.165, 1.54) is 101 Å². The Morgan fingerprint density at radius 3 is 1.44 bits per heavy atom. The third-order valence-corrected chi connectivity index (χ3v) is 18.5. The molecule has 6 N–H and O–H groups in total. The number of amides is 13. The Balaban J connectivity index is 1.90. The molecule has 2 aromatic carbocycles. The van der Waals surface area contributed by atoms with Crippen molar-refractivity contribution in [3.8, 4) is 0 Å². The lowest BCUT2D eigenvalue weighted by Crippen LogP contribution is -2.64. The zero-order chi connectivity index (χ0) is 74.1. The van der Waals surface area contributed by atoms with Crippen molar-refractivity contribution in [1.82, 2.24) is 65.8 Å². The minimum absolute atomic E-state index is 0.0687. The summed E-state index contributed by atoms with van der Waals surface area (Å²) in [4.78, 5) is 200. The largest absolute Gasteiger partial charge is 0.391 e. The van der Waals surface area contributed by atoms with Gasteiger partial charge < -0.3 is 75.6 Å². The average Bonchev–Trinajstić information content (AvgIpc) is 0.822. The molecule has 2 aromatic rings. The van der Waals surface area contributed by atoms with Gasteiger partial charge in [0.05, 0.1) is 18.3 Å². The van der Waals surface area contributed by atoms with Gasteiger partial charge in [-0.2, -0.15) is 0 Å². The van der Waals surface area contributed by atoms with Crippen LogP contribution < -0.4 is 26.6 Å². The minimum Gasteiger partial charge on any atom is -0.391 e. The fraction of sp³-hybridized carbons (Fsp3) is 0.643. The molecule has 0 saturated carbocycles. The molecule has 28 nitrogen and oxygen atoms in total. The van der Waals surface area contributed by atoms with Crippen LogP contribution in [-0.2, 0) is 79.9 Å². The van der Waals surface area contributed by atoms with Gasteiger partial charge in [0.25, 0.3) is 11.8 Å². The standard InChI is InChI=1S/C70H109N13O15/c1-40(2)36-53-66(94)77(15)44(7)58(86)74-54(47(10)84)67(95)78(16)46(9)64(92)82(20)56(41(3)4)61(89)73-51(39-98-70(11,12)13)59(87)75-55(69(97)83-34-28-23-29-35-83)68(96)79(17)45(8)63(91)80(18)52(38-49-32-26-22-27-33-49)60(88)71-42(5)62(90)76(14)43(6)57(85)72-50(65(93)81(53)19)37-48-30-24-21-25-31-48/h21-22,24-27,30-33,40-47,50-56,84H,23,28-29,34-39H2,1-20H3,(H,71,88)(H,72,85)(H,73,89)(H,74,86)(H,75,87)/t42-,43?,44-,45+,46-,47+,50+,51-,52?,53-,54-,55-,56-/m0/s1. The van der Waals surface area contributed by atoms with Crippen LogP contribution >= 0.6 is 0 Å². The Kier molecular flexibility index (Phi) is 30.4. The van der Waals surface area contributed by atoms with E-state index in [0.717, 1.165) is 35.8 Å². The molecule has 2 aliphatic rings. The number of hydrogen-bond acceptors (Lipinski definition) is 15. The Labute approximate surface area is 577 Å². The summed E-state index contributed by atoms with van der Waals surface area (Å²) in [5, 5.41) is 24.4. The number of carbonyl (C=O) groups is 13. The molecule has 13 atom stereocenters. The summed E-state index contributed by atoms with van der Waals surface area (Å²) in [6.45, 7) is 20.2. The molecule has 0 bridgehead atoms. The maximum Gasteiger partial charge on any atom is 0.255 e. The van der Waals surface area contributed by atoms with Crippen LogP contribution in [0.15, 0.2) is 60.7 Å². The van der Waals surface area contributed by atoms with Crippen molar-refractivity contribution in [3.63, 3.8) is 0 Å². The highest BCUT2D eigenvalue weighted by molar-refractivity contribution is 6.09. The quantitative estimate of drug-likeness (QED) is 0.169. The number of ether oxygens (including phenoxy) is 1. The lowest BCUT2D eigenvalue weighted by molar-refractivity contribution is -0.153. The number of piperidine rings is 1. The van der Waals surface area contributed by atoms with Crippen LogP contribution in [0.4, 0.5) is 0 Å². The second-order valence-electron chi connectivity index (χ2n) is 27.9. The third-order valence-electron chi connectivity index (χ3n) is 18.5. The number of aliphatic hydroxyl groups is 1. The topological polar surface area (TPSA) is 337 Å². The highest BCUT2D eigenvalue weighted by atomic mass is 16.5. The zero-order valence-corrected chi connectivity index (χ0v) is 61.0. The predicted molar refractivity (Wildman–Crippen MR) is 366 cm³/mol. The van der Waals surface area contributed by atoms with Crippen molar-refractivity contribution in [2.24, 2.45) is 11.8 Å². The molecule has 2 unspecified atom stereocenters. The van der Waals surface area contributed by atoms with E-state index in [2.05, 4.69) is 26.6 Å². The van der Waals surface area contributed by atoms with E-state index >= 15 is 4.79 Å². The first kappa shape index (κ1) is 81.9. The first-order chi connectivity index (χ1) is 45.6. The first-order valence-electron chi connectivity index (χ1n) is 33.7. The van der Waals surface area contributed by atoms with Gasteiger partial charge in [0.1, 0.15) is 66.5 Å². The van der Waals surface area contributed by atoms with Crippen molar-refractivity contribution in [2.45, 2.75) is 213 Å². The van der Waals surface area contributed by atoms with E-state index in [0.29, 0.717) is 24.0 Å². The zero-order valence-electron chi connectivity index (χ0n) is 61.0. The van der Waals surface area contributed by atoms with E-state index in [1.54, 1.807) is 95.3 Å². The van der Waals surface area contributed by atoms with E-state index in [4.69, 9.17) is 4.74 Å². The van der Waals surface area contributed by atoms with Crippen LogP contribution in [0.3, 0.4) is 0 Å². The molecule has 0 aromatic heterocycles. The third kappa shape index (κ3) is 21.7. The van der Waals surface area contributed by atoms with E-state index in [-0.39, 0.29) is 38.3 Å². The van der Waals surface area contributed by atoms with Gasteiger partial charge >= 0.3 is 0 Å². The predicted octanol–water partition coefficient (Wildman–Crippen LogP) is 0.708. The fourth-order valence-corrected chi connectivity index (χ4v) is 11.6. The van der Waals surface area contributed by atoms with Crippen LogP contribution in [0.1, 0.15) is 127 Å². The molecule has 2 saturated heterocycles. The number of nitrogens with zero attached hydrogens (tertiary/aromatic N) is 8. The summed E-state index contributed by atoms with van der Waals surface area (Å²) in [6, 6.07) is 0.0797. The van der Waals surface area contributed by atoms with Crippen molar-refractivity contribution in [3.05, 3.63) is 71.8 Å². The molecule has 2 aliphatic heterocycles. The maximum atomic E-state index is 15.0. The number of rotatable bonds is 11. The van der Waals surface area contributed by atoms with Gasteiger partial charge in [0.2, 0.25) is 65.0 Å². The van der Waals surface area contributed by atoms with Gasteiger partial charge in [0, 0.05) is 75.3 Å². The molecule has 4 rings (SSSR count). The summed E-state index contributed by atoms with van der Waals surface area (Å²) in [5.74, 6) is -11.7. The number of aliphatic hydroxyl groups excluding tert-OH is 1. The number of benzene rings is 2. The Bertz CT molecular complexity index is 3140. The molecule has 0 radical (unpaired) electrons. The second kappa shape index (κ2) is 36.3. The molecule has 2 fully saturated rings. The van der Waals surface area contributed by atoms with Gasteiger partial charge in [0.15, 0.2) is 6.04 Å². The minimum atomic E-state index is -1.98. The molecule has 544 valence electrons. The Hall–Kier alpha value is -8.53. The van der Waals surface area contributed by atoms with Gasteiger partial charge in [-0.1, -0.05) is 88.4 Å². The Morgan fingerprint density at radius 2 is 0.939 bits per heavy atom. The molecular weight excluding hydrogens is 1260 g/mol. The summed E-state index contributed by atoms with van der Waals surface area (Å²) >= 11 is 0. The summed E-state index contributed by atoms with van der Waals surface area (Å²) in [6.07, 6.45) is 0.318. The Morgan fingerprint density at radius 1 is 0.480 bits per heavy atom.